The molecule has 0 aromatic heterocycles. The molecular weight excluding hydrogens is 198 g/mol. The van der Waals surface area contributed by atoms with Gasteiger partial charge in [0.05, 0.1) is 0 Å². The maximum Gasteiger partial charge on any atom is 0.0494 e. The highest BCUT2D eigenvalue weighted by Gasteiger charge is 2.24. The van der Waals surface area contributed by atoms with Crippen molar-refractivity contribution in [3.05, 3.63) is 0 Å². The summed E-state index contributed by atoms with van der Waals surface area (Å²) in [5.74, 6) is 0.869. The van der Waals surface area contributed by atoms with Gasteiger partial charge in [-0.2, -0.15) is 0 Å². The average molecular weight is 227 g/mol. The molecule has 0 saturated heterocycles. The van der Waals surface area contributed by atoms with Crippen LogP contribution in [0.4, 0.5) is 0 Å². The van der Waals surface area contributed by atoms with Crippen molar-refractivity contribution in [3.8, 4) is 0 Å². The van der Waals surface area contributed by atoms with Crippen molar-refractivity contribution in [2.24, 2.45) is 11.3 Å². The van der Waals surface area contributed by atoms with E-state index in [9.17, 15) is 5.11 Å². The van der Waals surface area contributed by atoms with Gasteiger partial charge in [0.25, 0.3) is 0 Å². The summed E-state index contributed by atoms with van der Waals surface area (Å²) in [6.45, 7) is 7.71. The van der Waals surface area contributed by atoms with Gasteiger partial charge in [-0.15, -0.1) is 0 Å². The van der Waals surface area contributed by atoms with Crippen LogP contribution in [0.5, 0.6) is 0 Å². The third-order valence-electron chi connectivity index (χ3n) is 3.93. The first-order valence-electron chi connectivity index (χ1n) is 6.93. The predicted molar refractivity (Wildman–Crippen MR) is 69.5 cm³/mol. The Kier molecular flexibility index (Phi) is 5.77. The number of rotatable bonds is 6. The van der Waals surface area contributed by atoms with Crippen molar-refractivity contribution in [3.63, 3.8) is 0 Å². The smallest absolute Gasteiger partial charge is 0.0494 e. The highest BCUT2D eigenvalue weighted by atomic mass is 16.3. The Morgan fingerprint density at radius 3 is 2.38 bits per heavy atom. The first-order valence-corrected chi connectivity index (χ1v) is 6.93. The van der Waals surface area contributed by atoms with Gasteiger partial charge in [0, 0.05) is 24.6 Å². The third kappa shape index (κ3) is 4.42. The Balaban J connectivity index is 2.36. The van der Waals surface area contributed by atoms with E-state index < -0.39 is 0 Å². The van der Waals surface area contributed by atoms with E-state index in [0.29, 0.717) is 6.04 Å². The van der Waals surface area contributed by atoms with Crippen LogP contribution >= 0.6 is 0 Å². The van der Waals surface area contributed by atoms with Crippen LogP contribution in [0.1, 0.15) is 59.3 Å². The van der Waals surface area contributed by atoms with Gasteiger partial charge in [0.2, 0.25) is 0 Å². The molecule has 0 amide bonds. The van der Waals surface area contributed by atoms with Crippen LogP contribution in [-0.4, -0.2) is 24.3 Å². The molecule has 0 aliphatic heterocycles. The second-order valence-electron chi connectivity index (χ2n) is 6.12. The molecule has 96 valence electrons. The van der Waals surface area contributed by atoms with Crippen LogP contribution in [-0.2, 0) is 0 Å². The zero-order valence-electron chi connectivity index (χ0n) is 11.3. The Bertz CT molecular complexity index is 185. The van der Waals surface area contributed by atoms with Gasteiger partial charge >= 0.3 is 0 Å². The second kappa shape index (κ2) is 6.61. The van der Waals surface area contributed by atoms with Crippen molar-refractivity contribution >= 4 is 0 Å². The van der Waals surface area contributed by atoms with Crippen molar-refractivity contribution < 1.29 is 5.11 Å². The lowest BCUT2D eigenvalue weighted by atomic mass is 9.82. The standard InChI is InChI=1S/C14H29NO/c1-4-13(12-8-6-5-7-9-12)15-10-14(2,3)11-16/h12-13,15-16H,4-11H2,1-3H3. The number of hydrogen-bond donors (Lipinski definition) is 2. The first kappa shape index (κ1) is 14.0. The van der Waals surface area contributed by atoms with Crippen LogP contribution in [0.15, 0.2) is 0 Å². The Morgan fingerprint density at radius 2 is 1.88 bits per heavy atom. The van der Waals surface area contributed by atoms with E-state index in [1.807, 2.05) is 0 Å². The number of nitrogens with one attached hydrogen (secondary N) is 1. The molecular formula is C14H29NO. The van der Waals surface area contributed by atoms with Crippen LogP contribution < -0.4 is 5.32 Å². The van der Waals surface area contributed by atoms with Crippen LogP contribution in [0.25, 0.3) is 0 Å². The van der Waals surface area contributed by atoms with E-state index in [1.54, 1.807) is 0 Å². The van der Waals surface area contributed by atoms with Gasteiger partial charge in [-0.1, -0.05) is 40.0 Å². The lowest BCUT2D eigenvalue weighted by Gasteiger charge is -2.33. The zero-order valence-corrected chi connectivity index (χ0v) is 11.3. The number of hydrogen-bond acceptors (Lipinski definition) is 2. The molecule has 0 aromatic rings. The van der Waals surface area contributed by atoms with Crippen molar-refractivity contribution in [1.82, 2.24) is 5.32 Å². The Hall–Kier alpha value is -0.0800. The molecule has 0 radical (unpaired) electrons. The van der Waals surface area contributed by atoms with E-state index in [-0.39, 0.29) is 12.0 Å². The van der Waals surface area contributed by atoms with Gasteiger partial charge in [-0.3, -0.25) is 0 Å². The minimum atomic E-state index is 0.0160. The molecule has 1 aliphatic rings. The van der Waals surface area contributed by atoms with E-state index in [2.05, 4.69) is 26.1 Å². The van der Waals surface area contributed by atoms with E-state index >= 15 is 0 Å². The minimum absolute atomic E-state index is 0.0160. The monoisotopic (exact) mass is 227 g/mol. The van der Waals surface area contributed by atoms with Crippen molar-refractivity contribution in [2.45, 2.75) is 65.3 Å². The molecule has 16 heavy (non-hydrogen) atoms. The zero-order chi connectivity index (χ0) is 12.0. The normalized spacial score (nSPS) is 21.0. The average Bonchev–Trinajstić information content (AvgIpc) is 2.31. The summed E-state index contributed by atoms with van der Waals surface area (Å²) in [5.41, 5.74) is 0.0160. The molecule has 0 heterocycles. The summed E-state index contributed by atoms with van der Waals surface area (Å²) < 4.78 is 0. The predicted octanol–water partition coefficient (Wildman–Crippen LogP) is 2.95. The van der Waals surface area contributed by atoms with Crippen LogP contribution in [0, 0.1) is 11.3 Å². The molecule has 0 spiro atoms. The summed E-state index contributed by atoms with van der Waals surface area (Å²) >= 11 is 0. The summed E-state index contributed by atoms with van der Waals surface area (Å²) in [4.78, 5) is 0. The maximum absolute atomic E-state index is 9.25. The second-order valence-corrected chi connectivity index (χ2v) is 6.12. The maximum atomic E-state index is 9.25. The molecule has 0 bridgehead atoms. The lowest BCUT2D eigenvalue weighted by molar-refractivity contribution is 0.143. The molecule has 1 saturated carbocycles. The molecule has 1 aliphatic carbocycles. The Morgan fingerprint density at radius 1 is 1.25 bits per heavy atom. The summed E-state index contributed by atoms with van der Waals surface area (Å²) in [6, 6.07) is 0.658. The van der Waals surface area contributed by atoms with Crippen molar-refractivity contribution in [1.29, 1.82) is 0 Å². The van der Waals surface area contributed by atoms with Gasteiger partial charge in [-0.05, 0) is 25.2 Å². The fourth-order valence-corrected chi connectivity index (χ4v) is 2.64. The van der Waals surface area contributed by atoms with Gasteiger partial charge in [0.15, 0.2) is 0 Å². The molecule has 2 heteroatoms. The van der Waals surface area contributed by atoms with Crippen molar-refractivity contribution in [2.75, 3.05) is 13.2 Å². The van der Waals surface area contributed by atoms with E-state index in [0.717, 1.165) is 12.5 Å². The molecule has 1 atom stereocenters. The SMILES string of the molecule is CCC(NCC(C)(C)CO)C1CCCCC1. The van der Waals surface area contributed by atoms with E-state index in [4.69, 9.17) is 0 Å². The largest absolute Gasteiger partial charge is 0.396 e. The highest BCUT2D eigenvalue weighted by Crippen LogP contribution is 2.28. The van der Waals surface area contributed by atoms with Crippen LogP contribution in [0.2, 0.25) is 0 Å². The van der Waals surface area contributed by atoms with Gasteiger partial charge in [-0.25, -0.2) is 0 Å². The molecule has 1 fully saturated rings. The topological polar surface area (TPSA) is 32.3 Å². The fourth-order valence-electron chi connectivity index (χ4n) is 2.64. The molecule has 1 unspecified atom stereocenters. The minimum Gasteiger partial charge on any atom is -0.396 e. The van der Waals surface area contributed by atoms with Gasteiger partial charge < -0.3 is 10.4 Å². The summed E-state index contributed by atoms with van der Waals surface area (Å²) in [7, 11) is 0. The fraction of sp³-hybridized carbons (Fsp3) is 1.00. The molecule has 2 nitrogen and oxygen atoms in total. The quantitative estimate of drug-likeness (QED) is 0.731. The molecule has 1 rings (SSSR count). The van der Waals surface area contributed by atoms with Gasteiger partial charge in [0.1, 0.15) is 0 Å². The Labute approximate surface area is 101 Å². The van der Waals surface area contributed by atoms with E-state index in [1.165, 1.54) is 38.5 Å². The molecule has 0 aromatic carbocycles. The number of aliphatic hydroxyl groups is 1. The first-order chi connectivity index (χ1) is 7.59. The molecule has 2 N–H and O–H groups in total. The highest BCUT2D eigenvalue weighted by molar-refractivity contribution is 4.81. The summed E-state index contributed by atoms with van der Waals surface area (Å²) in [6.07, 6.45) is 8.25. The lowest BCUT2D eigenvalue weighted by Crippen LogP contribution is -2.42. The third-order valence-corrected chi connectivity index (χ3v) is 3.93. The summed E-state index contributed by atoms with van der Waals surface area (Å²) in [5, 5.41) is 12.9. The van der Waals surface area contributed by atoms with Crippen LogP contribution in [0.3, 0.4) is 0 Å². The number of aliphatic hydroxyl groups excluding tert-OH is 1.